The van der Waals surface area contributed by atoms with Gasteiger partial charge in [0.1, 0.15) is 11.5 Å². The average Bonchev–Trinajstić information content (AvgIpc) is 2.38. The van der Waals surface area contributed by atoms with E-state index >= 15 is 0 Å². The van der Waals surface area contributed by atoms with Crippen LogP contribution in [0.1, 0.15) is 0 Å². The Hall–Kier alpha value is -2.23. The maximum Gasteiger partial charge on any atom is 0.132 e. The number of anilines is 1. The number of nitrogens with two attached hydrogens (primary N) is 1. The third-order valence-corrected chi connectivity index (χ3v) is 2.50. The molecule has 0 fully saturated rings. The summed E-state index contributed by atoms with van der Waals surface area (Å²) in [5, 5.41) is 0. The van der Waals surface area contributed by atoms with Gasteiger partial charge in [0.2, 0.25) is 0 Å². The number of rotatable bonds is 3. The second-order valence-electron chi connectivity index (χ2n) is 3.51. The number of ether oxygens (including phenoxy) is 2. The number of hydrogen-bond donors (Lipinski definition) is 1. The molecule has 2 aromatic rings. The average molecular weight is 230 g/mol. The molecule has 2 rings (SSSR count). The van der Waals surface area contributed by atoms with E-state index in [9.17, 15) is 0 Å². The van der Waals surface area contributed by atoms with Gasteiger partial charge in [-0.2, -0.15) is 0 Å². The summed E-state index contributed by atoms with van der Waals surface area (Å²) in [5.41, 5.74) is 8.09. The monoisotopic (exact) mass is 230 g/mol. The standard InChI is InChI=1S/C13H14N2O2/c1-16-9-5-6-10(12(8-9)17-2)13-11(14)4-3-7-15-13/h3-8H,14H2,1-2H3. The van der Waals surface area contributed by atoms with Crippen LogP contribution in [0, 0.1) is 0 Å². The van der Waals surface area contributed by atoms with Crippen LogP contribution >= 0.6 is 0 Å². The fraction of sp³-hybridized carbons (Fsp3) is 0.154. The second-order valence-corrected chi connectivity index (χ2v) is 3.51. The first kappa shape index (κ1) is 11.3. The van der Waals surface area contributed by atoms with Crippen LogP contribution in [0.4, 0.5) is 5.69 Å². The molecule has 4 nitrogen and oxygen atoms in total. The first-order valence-corrected chi connectivity index (χ1v) is 5.19. The molecule has 17 heavy (non-hydrogen) atoms. The molecule has 1 heterocycles. The van der Waals surface area contributed by atoms with Crippen molar-refractivity contribution < 1.29 is 9.47 Å². The van der Waals surface area contributed by atoms with Crippen molar-refractivity contribution in [3.8, 4) is 22.8 Å². The third kappa shape index (κ3) is 2.15. The first-order chi connectivity index (χ1) is 8.26. The summed E-state index contributed by atoms with van der Waals surface area (Å²) in [4.78, 5) is 4.27. The highest BCUT2D eigenvalue weighted by molar-refractivity contribution is 5.77. The number of methoxy groups -OCH3 is 2. The Morgan fingerprint density at radius 1 is 1.12 bits per heavy atom. The van der Waals surface area contributed by atoms with Crippen LogP contribution in [0.25, 0.3) is 11.3 Å². The molecule has 4 heteroatoms. The quantitative estimate of drug-likeness (QED) is 0.879. The summed E-state index contributed by atoms with van der Waals surface area (Å²) in [6, 6.07) is 9.16. The van der Waals surface area contributed by atoms with E-state index in [1.54, 1.807) is 26.5 Å². The Labute approximate surface area is 100 Å². The number of benzene rings is 1. The lowest BCUT2D eigenvalue weighted by Gasteiger charge is -2.11. The summed E-state index contributed by atoms with van der Waals surface area (Å²) in [6.45, 7) is 0. The maximum atomic E-state index is 5.90. The Balaban J connectivity index is 2.56. The van der Waals surface area contributed by atoms with Gasteiger partial charge in [-0.05, 0) is 24.3 Å². The van der Waals surface area contributed by atoms with E-state index in [1.807, 2.05) is 24.3 Å². The molecule has 1 aromatic heterocycles. The Bertz CT molecular complexity index is 527. The molecule has 0 bridgehead atoms. The summed E-state index contributed by atoms with van der Waals surface area (Å²) in [6.07, 6.45) is 1.70. The molecule has 0 saturated carbocycles. The van der Waals surface area contributed by atoms with Gasteiger partial charge in [-0.1, -0.05) is 0 Å². The SMILES string of the molecule is COc1ccc(-c2ncccc2N)c(OC)c1. The van der Waals surface area contributed by atoms with Crippen molar-refractivity contribution in [2.24, 2.45) is 0 Å². The molecule has 0 spiro atoms. The van der Waals surface area contributed by atoms with Gasteiger partial charge in [0, 0.05) is 17.8 Å². The maximum absolute atomic E-state index is 5.90. The zero-order valence-corrected chi connectivity index (χ0v) is 9.81. The minimum atomic E-state index is 0.621. The molecule has 1 aromatic carbocycles. The molecule has 0 unspecified atom stereocenters. The number of aromatic nitrogens is 1. The van der Waals surface area contributed by atoms with Crippen LogP contribution in [-0.2, 0) is 0 Å². The lowest BCUT2D eigenvalue weighted by Crippen LogP contribution is -1.96. The molecule has 0 atom stereocenters. The summed E-state index contributed by atoms with van der Waals surface area (Å²) in [7, 11) is 3.22. The Morgan fingerprint density at radius 2 is 1.94 bits per heavy atom. The van der Waals surface area contributed by atoms with Gasteiger partial charge < -0.3 is 15.2 Å². The largest absolute Gasteiger partial charge is 0.497 e. The minimum absolute atomic E-state index is 0.621. The van der Waals surface area contributed by atoms with Crippen molar-refractivity contribution >= 4 is 5.69 Å². The van der Waals surface area contributed by atoms with Gasteiger partial charge in [-0.3, -0.25) is 4.98 Å². The summed E-state index contributed by atoms with van der Waals surface area (Å²) < 4.78 is 10.5. The second kappa shape index (κ2) is 4.74. The topological polar surface area (TPSA) is 57.4 Å². The van der Waals surface area contributed by atoms with Crippen molar-refractivity contribution in [2.45, 2.75) is 0 Å². The molecule has 0 radical (unpaired) electrons. The van der Waals surface area contributed by atoms with Crippen LogP contribution in [0.15, 0.2) is 36.5 Å². The molecule has 0 saturated heterocycles. The molecule has 0 aliphatic carbocycles. The summed E-state index contributed by atoms with van der Waals surface area (Å²) in [5.74, 6) is 1.43. The van der Waals surface area contributed by atoms with Crippen molar-refractivity contribution in [1.82, 2.24) is 4.98 Å². The molecule has 88 valence electrons. The summed E-state index contributed by atoms with van der Waals surface area (Å²) >= 11 is 0. The van der Waals surface area contributed by atoms with Crippen molar-refractivity contribution in [2.75, 3.05) is 20.0 Å². The Kier molecular flexibility index (Phi) is 3.14. The van der Waals surface area contributed by atoms with Crippen LogP contribution < -0.4 is 15.2 Å². The van der Waals surface area contributed by atoms with E-state index in [0.717, 1.165) is 11.3 Å². The van der Waals surface area contributed by atoms with Crippen molar-refractivity contribution in [1.29, 1.82) is 0 Å². The predicted molar refractivity (Wildman–Crippen MR) is 67.2 cm³/mol. The van der Waals surface area contributed by atoms with Crippen molar-refractivity contribution in [3.63, 3.8) is 0 Å². The molecule has 2 N–H and O–H groups in total. The fourth-order valence-electron chi connectivity index (χ4n) is 1.64. The highest BCUT2D eigenvalue weighted by Gasteiger charge is 2.10. The molecule has 0 amide bonds. The van der Waals surface area contributed by atoms with E-state index < -0.39 is 0 Å². The number of nitrogen functional groups attached to an aromatic ring is 1. The number of hydrogen-bond acceptors (Lipinski definition) is 4. The molecule has 0 aliphatic heterocycles. The first-order valence-electron chi connectivity index (χ1n) is 5.19. The number of nitrogens with zero attached hydrogens (tertiary/aromatic N) is 1. The van der Waals surface area contributed by atoms with Crippen LogP contribution in [-0.4, -0.2) is 19.2 Å². The van der Waals surface area contributed by atoms with Gasteiger partial charge in [0.15, 0.2) is 0 Å². The minimum Gasteiger partial charge on any atom is -0.497 e. The predicted octanol–water partition coefficient (Wildman–Crippen LogP) is 2.35. The Morgan fingerprint density at radius 3 is 2.59 bits per heavy atom. The van der Waals surface area contributed by atoms with Crippen LogP contribution in [0.2, 0.25) is 0 Å². The lowest BCUT2D eigenvalue weighted by atomic mass is 10.1. The number of pyridine rings is 1. The van der Waals surface area contributed by atoms with E-state index in [4.69, 9.17) is 15.2 Å². The van der Waals surface area contributed by atoms with E-state index in [1.165, 1.54) is 0 Å². The van der Waals surface area contributed by atoms with Crippen LogP contribution in [0.5, 0.6) is 11.5 Å². The van der Waals surface area contributed by atoms with Crippen molar-refractivity contribution in [3.05, 3.63) is 36.5 Å². The van der Waals surface area contributed by atoms with E-state index in [-0.39, 0.29) is 0 Å². The van der Waals surface area contributed by atoms with Gasteiger partial charge in [-0.25, -0.2) is 0 Å². The van der Waals surface area contributed by atoms with Gasteiger partial charge in [-0.15, -0.1) is 0 Å². The highest BCUT2D eigenvalue weighted by Crippen LogP contribution is 2.34. The smallest absolute Gasteiger partial charge is 0.132 e. The fourth-order valence-corrected chi connectivity index (χ4v) is 1.64. The lowest BCUT2D eigenvalue weighted by molar-refractivity contribution is 0.395. The van der Waals surface area contributed by atoms with Gasteiger partial charge >= 0.3 is 0 Å². The third-order valence-electron chi connectivity index (χ3n) is 2.50. The zero-order valence-electron chi connectivity index (χ0n) is 9.81. The molecular formula is C13H14N2O2. The van der Waals surface area contributed by atoms with Gasteiger partial charge in [0.05, 0.1) is 25.6 Å². The molecule has 0 aliphatic rings. The van der Waals surface area contributed by atoms with Gasteiger partial charge in [0.25, 0.3) is 0 Å². The highest BCUT2D eigenvalue weighted by atomic mass is 16.5. The normalized spacial score (nSPS) is 10.0. The molecular weight excluding hydrogens is 216 g/mol. The van der Waals surface area contributed by atoms with E-state index in [0.29, 0.717) is 17.1 Å². The van der Waals surface area contributed by atoms with Crippen LogP contribution in [0.3, 0.4) is 0 Å². The van der Waals surface area contributed by atoms with E-state index in [2.05, 4.69) is 4.98 Å². The zero-order chi connectivity index (χ0) is 12.3.